The van der Waals surface area contributed by atoms with Crippen LogP contribution in [0.5, 0.6) is 0 Å². The van der Waals surface area contributed by atoms with Gasteiger partial charge in [0.25, 0.3) is 5.91 Å². The van der Waals surface area contributed by atoms with E-state index in [-0.39, 0.29) is 24.8 Å². The number of ether oxygens (including phenoxy) is 1. The number of nitrogens with zero attached hydrogens (tertiary/aromatic N) is 3. The number of carbonyl (C=O) groups is 3. The van der Waals surface area contributed by atoms with Gasteiger partial charge < -0.3 is 15.0 Å². The van der Waals surface area contributed by atoms with Crippen molar-refractivity contribution in [2.24, 2.45) is 0 Å². The molecule has 2 heterocycles. The Hall–Kier alpha value is -2.79. The first kappa shape index (κ1) is 22.9. The molecule has 166 valence electrons. The minimum absolute atomic E-state index is 0.149. The molecule has 0 spiro atoms. The van der Waals surface area contributed by atoms with Crippen molar-refractivity contribution < 1.29 is 19.1 Å². The van der Waals surface area contributed by atoms with Crippen LogP contribution in [0, 0.1) is 11.3 Å². The van der Waals surface area contributed by atoms with Gasteiger partial charge >= 0.3 is 6.09 Å². The van der Waals surface area contributed by atoms with Crippen LogP contribution in [0.2, 0.25) is 5.02 Å². The third-order valence-corrected chi connectivity index (χ3v) is 5.59. The lowest BCUT2D eigenvalue weighted by Crippen LogP contribution is -2.50. The molecule has 9 heteroatoms. The Bertz CT molecular complexity index is 890. The van der Waals surface area contributed by atoms with Crippen LogP contribution in [0.15, 0.2) is 24.3 Å². The molecule has 1 aromatic carbocycles. The van der Waals surface area contributed by atoms with Crippen molar-refractivity contribution in [1.82, 2.24) is 15.1 Å². The number of carbonyl (C=O) groups excluding carboxylic acids is 3. The Morgan fingerprint density at radius 3 is 2.48 bits per heavy atom. The van der Waals surface area contributed by atoms with Crippen molar-refractivity contribution >= 4 is 29.5 Å². The summed E-state index contributed by atoms with van der Waals surface area (Å²) in [5.74, 6) is -0.590. The van der Waals surface area contributed by atoms with E-state index in [9.17, 15) is 19.6 Å². The van der Waals surface area contributed by atoms with E-state index in [0.717, 1.165) is 6.42 Å². The third-order valence-electron chi connectivity index (χ3n) is 5.34. The number of hydrogen-bond donors (Lipinski definition) is 1. The lowest BCUT2D eigenvalue weighted by atomic mass is 10.1. The minimum Gasteiger partial charge on any atom is -0.444 e. The zero-order valence-corrected chi connectivity index (χ0v) is 18.7. The maximum atomic E-state index is 13.2. The second-order valence-electron chi connectivity index (χ2n) is 8.88. The molecule has 0 radical (unpaired) electrons. The van der Waals surface area contributed by atoms with E-state index in [1.165, 1.54) is 9.80 Å². The lowest BCUT2D eigenvalue weighted by molar-refractivity contribution is -0.135. The molecule has 3 atom stereocenters. The van der Waals surface area contributed by atoms with Crippen LogP contribution in [-0.4, -0.2) is 64.5 Å². The zero-order valence-electron chi connectivity index (χ0n) is 17.9. The first-order valence-corrected chi connectivity index (χ1v) is 10.7. The molecule has 3 amide bonds. The molecule has 3 rings (SSSR count). The molecule has 31 heavy (non-hydrogen) atoms. The summed E-state index contributed by atoms with van der Waals surface area (Å²) in [5, 5.41) is 12.8. The van der Waals surface area contributed by atoms with Gasteiger partial charge in [0.1, 0.15) is 17.7 Å². The molecule has 1 N–H and O–H groups in total. The molecule has 2 saturated heterocycles. The van der Waals surface area contributed by atoms with Gasteiger partial charge in [-0.25, -0.2) is 4.79 Å². The molecular weight excluding hydrogens is 420 g/mol. The van der Waals surface area contributed by atoms with Gasteiger partial charge in [0.05, 0.1) is 6.07 Å². The van der Waals surface area contributed by atoms with Crippen LogP contribution >= 0.6 is 11.6 Å². The Morgan fingerprint density at radius 1 is 1.19 bits per heavy atom. The van der Waals surface area contributed by atoms with Crippen LogP contribution in [0.3, 0.4) is 0 Å². The summed E-state index contributed by atoms with van der Waals surface area (Å²) < 4.78 is 5.49. The maximum absolute atomic E-state index is 13.2. The summed E-state index contributed by atoms with van der Waals surface area (Å²) in [7, 11) is 0. The second-order valence-corrected chi connectivity index (χ2v) is 9.32. The van der Waals surface area contributed by atoms with E-state index in [2.05, 4.69) is 11.4 Å². The molecule has 1 unspecified atom stereocenters. The van der Waals surface area contributed by atoms with Gasteiger partial charge in [0.15, 0.2) is 0 Å². The monoisotopic (exact) mass is 446 g/mol. The van der Waals surface area contributed by atoms with E-state index >= 15 is 0 Å². The highest BCUT2D eigenvalue weighted by Crippen LogP contribution is 2.27. The second kappa shape index (κ2) is 9.15. The predicted molar refractivity (Wildman–Crippen MR) is 114 cm³/mol. The smallest absolute Gasteiger partial charge is 0.411 e. The fourth-order valence-corrected chi connectivity index (χ4v) is 4.05. The molecule has 8 nitrogen and oxygen atoms in total. The number of hydrogen-bond acceptors (Lipinski definition) is 5. The first-order chi connectivity index (χ1) is 14.6. The summed E-state index contributed by atoms with van der Waals surface area (Å²) in [5.41, 5.74) is -0.287. The van der Waals surface area contributed by atoms with Gasteiger partial charge in [-0.2, -0.15) is 5.26 Å². The van der Waals surface area contributed by atoms with Crippen molar-refractivity contribution in [3.63, 3.8) is 0 Å². The number of amides is 3. The van der Waals surface area contributed by atoms with E-state index in [1.54, 1.807) is 45.0 Å². The number of benzene rings is 1. The van der Waals surface area contributed by atoms with Gasteiger partial charge in [-0.3, -0.25) is 14.5 Å². The fraction of sp³-hybridized carbons (Fsp3) is 0.545. The number of nitrogens with one attached hydrogen (secondary N) is 1. The number of rotatable bonds is 3. The lowest BCUT2D eigenvalue weighted by Gasteiger charge is -2.30. The Balaban J connectivity index is 1.77. The van der Waals surface area contributed by atoms with Crippen molar-refractivity contribution in [2.75, 3.05) is 13.1 Å². The standard InChI is InChI=1S/C22H27ClN4O4/c1-22(2,3)31-21(30)27-13-16(25-19(28)14-6-8-15(23)9-7-14)11-18(27)20(29)26-10-4-5-17(26)12-24/h6-9,16-18H,4-5,10-11,13H2,1-3H3,(H,25,28)/t16-,17?,18-/m0/s1. The van der Waals surface area contributed by atoms with Gasteiger partial charge in [-0.15, -0.1) is 0 Å². The highest BCUT2D eigenvalue weighted by molar-refractivity contribution is 6.30. The van der Waals surface area contributed by atoms with Crippen LogP contribution in [-0.2, 0) is 9.53 Å². The molecule has 0 saturated carbocycles. The van der Waals surface area contributed by atoms with E-state index < -0.39 is 29.8 Å². The average molecular weight is 447 g/mol. The Labute approximate surface area is 187 Å². The van der Waals surface area contributed by atoms with Crippen LogP contribution in [0.1, 0.15) is 50.4 Å². The Kier molecular flexibility index (Phi) is 6.75. The number of halogens is 1. The van der Waals surface area contributed by atoms with E-state index in [0.29, 0.717) is 23.6 Å². The summed E-state index contributed by atoms with van der Waals surface area (Å²) in [4.78, 5) is 41.6. The van der Waals surface area contributed by atoms with Crippen LogP contribution in [0.4, 0.5) is 4.79 Å². The maximum Gasteiger partial charge on any atom is 0.411 e. The molecule has 0 aromatic heterocycles. The topological polar surface area (TPSA) is 103 Å². The minimum atomic E-state index is -0.792. The first-order valence-electron chi connectivity index (χ1n) is 10.3. The SMILES string of the molecule is CC(C)(C)OC(=O)N1C[C@@H](NC(=O)c2ccc(Cl)cc2)C[C@H]1C(=O)N1CCCC1C#N. The highest BCUT2D eigenvalue weighted by atomic mass is 35.5. The normalized spacial score (nSPS) is 23.4. The van der Waals surface area contributed by atoms with Gasteiger partial charge in [-0.1, -0.05) is 11.6 Å². The fourth-order valence-electron chi connectivity index (χ4n) is 3.92. The van der Waals surface area contributed by atoms with Crippen molar-refractivity contribution in [2.45, 2.75) is 63.8 Å². The summed E-state index contributed by atoms with van der Waals surface area (Å²) in [6.07, 6.45) is 1.02. The Morgan fingerprint density at radius 2 is 1.87 bits per heavy atom. The van der Waals surface area contributed by atoms with E-state index in [4.69, 9.17) is 16.3 Å². The predicted octanol–water partition coefficient (Wildman–Crippen LogP) is 2.96. The third kappa shape index (κ3) is 5.47. The number of nitriles is 1. The molecular formula is C22H27ClN4O4. The van der Waals surface area contributed by atoms with E-state index in [1.807, 2.05) is 0 Å². The molecule has 0 aliphatic carbocycles. The van der Waals surface area contributed by atoms with Crippen LogP contribution in [0.25, 0.3) is 0 Å². The quantitative estimate of drug-likeness (QED) is 0.768. The molecule has 1 aromatic rings. The summed E-state index contributed by atoms with van der Waals surface area (Å²) >= 11 is 5.88. The van der Waals surface area contributed by atoms with Crippen LogP contribution < -0.4 is 5.32 Å². The molecule has 2 aliphatic rings. The van der Waals surface area contributed by atoms with Gasteiger partial charge in [0, 0.05) is 29.7 Å². The van der Waals surface area contributed by atoms with Gasteiger partial charge in [0.2, 0.25) is 5.91 Å². The van der Waals surface area contributed by atoms with Gasteiger partial charge in [-0.05, 0) is 64.3 Å². The summed E-state index contributed by atoms with van der Waals surface area (Å²) in [6.45, 7) is 5.89. The average Bonchev–Trinajstić information content (AvgIpc) is 3.33. The van der Waals surface area contributed by atoms with Crippen molar-refractivity contribution in [1.29, 1.82) is 5.26 Å². The number of likely N-dealkylation sites (tertiary alicyclic amines) is 2. The largest absolute Gasteiger partial charge is 0.444 e. The highest BCUT2D eigenvalue weighted by Gasteiger charge is 2.45. The molecule has 2 aliphatic heterocycles. The van der Waals surface area contributed by atoms with Crippen molar-refractivity contribution in [3.05, 3.63) is 34.9 Å². The summed E-state index contributed by atoms with van der Waals surface area (Å²) in [6, 6.07) is 6.93. The zero-order chi connectivity index (χ0) is 22.8. The molecule has 2 fully saturated rings. The molecule has 0 bridgehead atoms. The van der Waals surface area contributed by atoms with Crippen molar-refractivity contribution in [3.8, 4) is 6.07 Å².